The third-order valence-electron chi connectivity index (χ3n) is 4.47. The fraction of sp³-hybridized carbons (Fsp3) is 0.190. The zero-order valence-corrected chi connectivity index (χ0v) is 16.4. The van der Waals surface area contributed by atoms with Crippen LogP contribution < -0.4 is 5.73 Å². The topological polar surface area (TPSA) is 43.3 Å². The first kappa shape index (κ1) is 18.6. The van der Waals surface area contributed by atoms with Crippen molar-refractivity contribution in [2.75, 3.05) is 12.8 Å². The van der Waals surface area contributed by atoms with Crippen LogP contribution >= 0.6 is 11.8 Å². The van der Waals surface area contributed by atoms with Gasteiger partial charge in [-0.05, 0) is 79.9 Å². The smallest absolute Gasteiger partial charge is 0.223 e. The third-order valence-corrected chi connectivity index (χ3v) is 5.22. The quantitative estimate of drug-likeness (QED) is 0.629. The number of aromatic nitrogens is 1. The molecule has 2 heterocycles. The van der Waals surface area contributed by atoms with Crippen molar-refractivity contribution in [3.63, 3.8) is 0 Å². The Bertz CT molecular complexity index is 902. The molecule has 0 saturated heterocycles. The molecule has 5 heteroatoms. The summed E-state index contributed by atoms with van der Waals surface area (Å²) in [6.07, 6.45) is 11.3. The van der Waals surface area contributed by atoms with E-state index in [1.807, 2.05) is 0 Å². The van der Waals surface area contributed by atoms with E-state index < -0.39 is 0 Å². The first-order valence-electron chi connectivity index (χ1n) is 8.77. The number of aliphatic imine (C=N–C) groups is 1. The number of benzene rings is 1. The maximum Gasteiger partial charge on any atom is 0.223 e. The zero-order chi connectivity index (χ0) is 18.5. The van der Waals surface area contributed by atoms with Crippen LogP contribution in [0.5, 0.6) is 0 Å². The summed E-state index contributed by atoms with van der Waals surface area (Å²) in [5.41, 5.74) is 12.7. The van der Waals surface area contributed by atoms with Crippen molar-refractivity contribution in [3.05, 3.63) is 77.3 Å². The Balaban J connectivity index is 1.90. The first-order valence-corrected chi connectivity index (χ1v) is 9.99. The number of allylic oxidation sites excluding steroid dienone is 3. The van der Waals surface area contributed by atoms with Crippen molar-refractivity contribution in [1.82, 2.24) is 4.48 Å². The molecular weight excluding hydrogens is 337 g/mol. The van der Waals surface area contributed by atoms with Crippen LogP contribution in [0, 0.1) is 0 Å². The normalized spacial score (nSPS) is 16.1. The average molecular weight is 361 g/mol. The Morgan fingerprint density at radius 3 is 2.62 bits per heavy atom. The van der Waals surface area contributed by atoms with Gasteiger partial charge in [0, 0.05) is 16.2 Å². The third kappa shape index (κ3) is 4.11. The average Bonchev–Trinajstić information content (AvgIpc) is 3.24. The van der Waals surface area contributed by atoms with Gasteiger partial charge >= 0.3 is 0 Å². The highest BCUT2D eigenvalue weighted by Crippen LogP contribution is 2.31. The summed E-state index contributed by atoms with van der Waals surface area (Å²) in [7, 11) is 2.06. The van der Waals surface area contributed by atoms with Crippen molar-refractivity contribution in [1.29, 1.82) is 0 Å². The molecule has 0 saturated carbocycles. The maximum atomic E-state index is 5.86. The molecule has 0 unspecified atom stereocenters. The fourth-order valence-electron chi connectivity index (χ4n) is 3.11. The highest BCUT2D eigenvalue weighted by atomic mass is 32.2. The summed E-state index contributed by atoms with van der Waals surface area (Å²) in [5.74, 6) is 0. The van der Waals surface area contributed by atoms with Gasteiger partial charge in [-0.2, -0.15) is 0 Å². The Labute approximate surface area is 160 Å². The van der Waals surface area contributed by atoms with E-state index in [9.17, 15) is 0 Å². The van der Waals surface area contributed by atoms with Crippen LogP contribution in [0.15, 0.2) is 75.9 Å². The molecule has 1 aromatic carbocycles. The lowest BCUT2D eigenvalue weighted by atomic mass is 10.0. The van der Waals surface area contributed by atoms with Gasteiger partial charge in [-0.3, -0.25) is 0 Å². The molecule has 0 spiro atoms. The Kier molecular flexibility index (Phi) is 6.02. The van der Waals surface area contributed by atoms with Gasteiger partial charge in [0.2, 0.25) is 7.98 Å². The summed E-state index contributed by atoms with van der Waals surface area (Å²) < 4.78 is 2.13. The molecule has 0 fully saturated rings. The minimum atomic E-state index is 0.611. The van der Waals surface area contributed by atoms with E-state index in [0.717, 1.165) is 17.8 Å². The molecule has 26 heavy (non-hydrogen) atoms. The number of hydrogen-bond acceptors (Lipinski definition) is 3. The maximum absolute atomic E-state index is 5.86. The lowest BCUT2D eigenvalue weighted by molar-refractivity contribution is 0.997. The summed E-state index contributed by atoms with van der Waals surface area (Å²) in [6, 6.07) is 12.7. The van der Waals surface area contributed by atoms with Gasteiger partial charge in [-0.1, -0.05) is 18.2 Å². The number of nitrogens with two attached hydrogens (primary N) is 1. The van der Waals surface area contributed by atoms with E-state index in [-0.39, 0.29) is 0 Å². The second-order valence-electron chi connectivity index (χ2n) is 6.34. The van der Waals surface area contributed by atoms with Crippen LogP contribution in [0.25, 0.3) is 11.6 Å². The largest absolute Gasteiger partial charge is 0.399 e. The minimum Gasteiger partial charge on any atom is -0.399 e. The summed E-state index contributed by atoms with van der Waals surface area (Å²) >= 11 is 1.75. The predicted molar refractivity (Wildman–Crippen MR) is 117 cm³/mol. The van der Waals surface area contributed by atoms with Crippen LogP contribution in [0.3, 0.4) is 0 Å². The molecule has 2 N–H and O–H groups in total. The van der Waals surface area contributed by atoms with Crippen molar-refractivity contribution in [2.24, 2.45) is 10.7 Å². The monoisotopic (exact) mass is 361 g/mol. The molecule has 0 atom stereocenters. The molecule has 0 amide bonds. The van der Waals surface area contributed by atoms with Gasteiger partial charge in [0.05, 0.1) is 11.4 Å². The van der Waals surface area contributed by atoms with E-state index in [4.69, 9.17) is 10.7 Å². The zero-order valence-electron chi connectivity index (χ0n) is 15.6. The van der Waals surface area contributed by atoms with Crippen LogP contribution in [0.4, 0.5) is 0 Å². The Morgan fingerprint density at radius 1 is 1.23 bits per heavy atom. The number of nitrogens with zero attached hydrogens (tertiary/aromatic N) is 2. The molecule has 0 aliphatic carbocycles. The predicted octanol–water partition coefficient (Wildman–Crippen LogP) is 3.78. The standard InChI is InChI=1S/C21H24BN3S/c1-15-14-17(8-5-16-6-9-18(26-2)10-7-16)24-21(15)19(11-12-23)20-4-3-13-25(20)22/h3-10,13-14H,11-12,22-23H2,1-2H3/b8-5+,21-19-. The number of thioether (sulfide) groups is 1. The van der Waals surface area contributed by atoms with Gasteiger partial charge in [-0.25, -0.2) is 4.99 Å². The lowest BCUT2D eigenvalue weighted by Crippen LogP contribution is -2.05. The molecule has 3 nitrogen and oxygen atoms in total. The van der Waals surface area contributed by atoms with E-state index >= 15 is 0 Å². The van der Waals surface area contributed by atoms with E-state index in [1.54, 1.807) is 11.8 Å². The second-order valence-corrected chi connectivity index (χ2v) is 7.22. The van der Waals surface area contributed by atoms with Crippen molar-refractivity contribution in [3.8, 4) is 0 Å². The number of rotatable bonds is 6. The molecule has 1 aliphatic rings. The van der Waals surface area contributed by atoms with E-state index in [1.165, 1.54) is 27.3 Å². The van der Waals surface area contributed by atoms with Crippen LogP contribution in [0.1, 0.15) is 24.6 Å². The van der Waals surface area contributed by atoms with Crippen molar-refractivity contribution in [2.45, 2.75) is 18.2 Å². The van der Waals surface area contributed by atoms with E-state index in [0.29, 0.717) is 6.54 Å². The fourth-order valence-corrected chi connectivity index (χ4v) is 3.52. The minimum absolute atomic E-state index is 0.611. The highest BCUT2D eigenvalue weighted by Gasteiger charge is 2.16. The van der Waals surface area contributed by atoms with Crippen LogP contribution in [-0.2, 0) is 0 Å². The van der Waals surface area contributed by atoms with E-state index in [2.05, 4.69) is 86.5 Å². The molecule has 132 valence electrons. The first-order chi connectivity index (χ1) is 12.6. The van der Waals surface area contributed by atoms with Gasteiger partial charge in [0.25, 0.3) is 0 Å². The Hall–Kier alpha value is -2.24. The van der Waals surface area contributed by atoms with Crippen molar-refractivity contribution >= 4 is 37.1 Å². The molecule has 0 bridgehead atoms. The highest BCUT2D eigenvalue weighted by molar-refractivity contribution is 7.98. The molecule has 0 radical (unpaired) electrons. The molecule has 1 aromatic heterocycles. The van der Waals surface area contributed by atoms with Crippen molar-refractivity contribution < 1.29 is 0 Å². The molecule has 3 rings (SSSR count). The van der Waals surface area contributed by atoms with Gasteiger partial charge < -0.3 is 10.2 Å². The number of hydrogen-bond donors (Lipinski definition) is 1. The second kappa shape index (κ2) is 8.43. The van der Waals surface area contributed by atoms with Gasteiger partial charge in [-0.15, -0.1) is 11.8 Å². The summed E-state index contributed by atoms with van der Waals surface area (Å²) in [6.45, 7) is 2.73. The van der Waals surface area contributed by atoms with Crippen LogP contribution in [-0.4, -0.2) is 31.0 Å². The summed E-state index contributed by atoms with van der Waals surface area (Å²) in [5, 5.41) is 0. The van der Waals surface area contributed by atoms with Gasteiger partial charge in [0.1, 0.15) is 0 Å². The lowest BCUT2D eigenvalue weighted by Gasteiger charge is -2.11. The summed E-state index contributed by atoms with van der Waals surface area (Å²) in [4.78, 5) is 6.15. The molecule has 1 aliphatic heterocycles. The molecular formula is C21H24BN3S. The Morgan fingerprint density at radius 2 is 2.00 bits per heavy atom. The van der Waals surface area contributed by atoms with Crippen LogP contribution in [0.2, 0.25) is 0 Å². The molecule has 2 aromatic rings. The SMILES string of the molecule is Bn1cccc1/C(CCN)=C1N=C(/C=C/c2ccc(SC)cc2)C=C\1C. The van der Waals surface area contributed by atoms with Gasteiger partial charge in [0.15, 0.2) is 0 Å².